The van der Waals surface area contributed by atoms with Gasteiger partial charge in [-0.25, -0.2) is 0 Å². The third kappa shape index (κ3) is 9.11. The topological polar surface area (TPSA) is 101 Å². The van der Waals surface area contributed by atoms with Crippen LogP contribution in [0.25, 0.3) is 0 Å². The van der Waals surface area contributed by atoms with Crippen LogP contribution in [0, 0.1) is 0 Å². The van der Waals surface area contributed by atoms with Gasteiger partial charge in [-0.3, -0.25) is 14.4 Å². The molecule has 0 heterocycles. The number of carboxylic acid groups (broad SMARTS) is 1. The van der Waals surface area contributed by atoms with Crippen molar-refractivity contribution in [2.24, 2.45) is 5.73 Å². The quantitative estimate of drug-likeness (QED) is 0.406. The zero-order valence-corrected chi connectivity index (χ0v) is 17.9. The first-order chi connectivity index (χ1) is 13.9. The van der Waals surface area contributed by atoms with Crippen LogP contribution in [0.5, 0.6) is 0 Å². The summed E-state index contributed by atoms with van der Waals surface area (Å²) in [6.07, 6.45) is 9.69. The standard InChI is InChI=1S/C23H36N2O4/c1-3-5-6-7-8-9-10-13-19(4-2)25(21(26)15-16-22(27)28)20-14-11-12-18(17-20)23(24)29/h11-12,14,17,19H,3-10,13,15-16H2,1-2H3,(H2,24,29)(H,27,28). The summed E-state index contributed by atoms with van der Waals surface area (Å²) in [5.41, 5.74) is 6.33. The minimum atomic E-state index is -0.996. The molecule has 0 spiro atoms. The number of hydrogen-bond acceptors (Lipinski definition) is 3. The van der Waals surface area contributed by atoms with E-state index in [4.69, 9.17) is 10.8 Å². The van der Waals surface area contributed by atoms with E-state index >= 15 is 0 Å². The zero-order chi connectivity index (χ0) is 21.6. The van der Waals surface area contributed by atoms with E-state index in [1.54, 1.807) is 29.2 Å². The highest BCUT2D eigenvalue weighted by atomic mass is 16.4. The van der Waals surface area contributed by atoms with Gasteiger partial charge in [0.25, 0.3) is 0 Å². The maximum Gasteiger partial charge on any atom is 0.303 e. The minimum absolute atomic E-state index is 0.0323. The van der Waals surface area contributed by atoms with E-state index in [0.717, 1.165) is 25.7 Å². The number of unbranched alkanes of at least 4 members (excludes halogenated alkanes) is 6. The highest BCUT2D eigenvalue weighted by molar-refractivity contribution is 5.98. The van der Waals surface area contributed by atoms with Crippen molar-refractivity contribution < 1.29 is 19.5 Å². The summed E-state index contributed by atoms with van der Waals surface area (Å²) in [4.78, 5) is 37.0. The van der Waals surface area contributed by atoms with Crippen molar-refractivity contribution in [1.29, 1.82) is 0 Å². The van der Waals surface area contributed by atoms with Crippen molar-refractivity contribution in [2.45, 2.75) is 90.5 Å². The summed E-state index contributed by atoms with van der Waals surface area (Å²) >= 11 is 0. The maximum atomic E-state index is 12.9. The average molecular weight is 405 g/mol. The van der Waals surface area contributed by atoms with Gasteiger partial charge in [-0.05, 0) is 31.0 Å². The monoisotopic (exact) mass is 404 g/mol. The molecular weight excluding hydrogens is 368 g/mol. The number of anilines is 1. The second-order valence-corrected chi connectivity index (χ2v) is 7.54. The van der Waals surface area contributed by atoms with Crippen LogP contribution in [0.1, 0.15) is 94.8 Å². The highest BCUT2D eigenvalue weighted by Gasteiger charge is 2.24. The number of amides is 2. The van der Waals surface area contributed by atoms with Crippen LogP contribution in [0.2, 0.25) is 0 Å². The molecule has 0 aliphatic rings. The maximum absolute atomic E-state index is 12.9. The Hall–Kier alpha value is -2.37. The van der Waals surface area contributed by atoms with E-state index in [0.29, 0.717) is 11.3 Å². The van der Waals surface area contributed by atoms with Gasteiger partial charge in [0.05, 0.1) is 6.42 Å². The van der Waals surface area contributed by atoms with Crippen LogP contribution in [0.4, 0.5) is 5.69 Å². The van der Waals surface area contributed by atoms with Crippen LogP contribution < -0.4 is 10.6 Å². The smallest absolute Gasteiger partial charge is 0.303 e. The zero-order valence-electron chi connectivity index (χ0n) is 17.9. The lowest BCUT2D eigenvalue weighted by Crippen LogP contribution is -2.40. The number of primary amides is 1. The van der Waals surface area contributed by atoms with Crippen molar-refractivity contribution in [2.75, 3.05) is 4.90 Å². The molecule has 3 N–H and O–H groups in total. The first-order valence-electron chi connectivity index (χ1n) is 10.8. The largest absolute Gasteiger partial charge is 0.481 e. The summed E-state index contributed by atoms with van der Waals surface area (Å²) < 4.78 is 0. The molecule has 6 heteroatoms. The van der Waals surface area contributed by atoms with E-state index < -0.39 is 11.9 Å². The molecule has 0 fully saturated rings. The normalized spacial score (nSPS) is 11.8. The minimum Gasteiger partial charge on any atom is -0.481 e. The van der Waals surface area contributed by atoms with Gasteiger partial charge in [-0.2, -0.15) is 0 Å². The Morgan fingerprint density at radius 2 is 1.66 bits per heavy atom. The number of nitrogens with zero attached hydrogens (tertiary/aromatic N) is 1. The van der Waals surface area contributed by atoms with Crippen molar-refractivity contribution in [1.82, 2.24) is 0 Å². The highest BCUT2D eigenvalue weighted by Crippen LogP contribution is 2.25. The number of aliphatic carboxylic acids is 1. The molecule has 29 heavy (non-hydrogen) atoms. The summed E-state index contributed by atoms with van der Waals surface area (Å²) in [7, 11) is 0. The van der Waals surface area contributed by atoms with Crippen molar-refractivity contribution in [3.8, 4) is 0 Å². The van der Waals surface area contributed by atoms with Gasteiger partial charge >= 0.3 is 5.97 Å². The van der Waals surface area contributed by atoms with Crippen LogP contribution in [-0.2, 0) is 9.59 Å². The lowest BCUT2D eigenvalue weighted by atomic mass is 10.0. The number of benzene rings is 1. The van der Waals surface area contributed by atoms with Crippen molar-refractivity contribution >= 4 is 23.5 Å². The Kier molecular flexibility index (Phi) is 11.7. The van der Waals surface area contributed by atoms with Gasteiger partial charge in [0, 0.05) is 23.7 Å². The molecule has 0 bridgehead atoms. The van der Waals surface area contributed by atoms with Gasteiger partial charge in [0.1, 0.15) is 0 Å². The van der Waals surface area contributed by atoms with E-state index in [2.05, 4.69) is 6.92 Å². The summed E-state index contributed by atoms with van der Waals surface area (Å²) in [5.74, 6) is -1.78. The summed E-state index contributed by atoms with van der Waals surface area (Å²) in [6, 6.07) is 6.68. The number of hydrogen-bond donors (Lipinski definition) is 2. The SMILES string of the molecule is CCCCCCCCCC(CC)N(C(=O)CCC(=O)O)c1cccc(C(N)=O)c1. The third-order valence-corrected chi connectivity index (χ3v) is 5.21. The lowest BCUT2D eigenvalue weighted by Gasteiger charge is -2.32. The van der Waals surface area contributed by atoms with E-state index in [1.165, 1.54) is 32.1 Å². The molecule has 1 aromatic rings. The van der Waals surface area contributed by atoms with Gasteiger partial charge in [-0.1, -0.05) is 64.9 Å². The summed E-state index contributed by atoms with van der Waals surface area (Å²) in [5, 5.41) is 8.96. The summed E-state index contributed by atoms with van der Waals surface area (Å²) in [6.45, 7) is 4.23. The fourth-order valence-electron chi connectivity index (χ4n) is 3.55. The molecule has 2 amide bonds. The van der Waals surface area contributed by atoms with Crippen molar-refractivity contribution in [3.05, 3.63) is 29.8 Å². The fraction of sp³-hybridized carbons (Fsp3) is 0.609. The molecule has 0 aliphatic carbocycles. The fourth-order valence-corrected chi connectivity index (χ4v) is 3.55. The first-order valence-corrected chi connectivity index (χ1v) is 10.8. The molecule has 0 saturated carbocycles. The number of carbonyl (C=O) groups excluding carboxylic acids is 2. The first kappa shape index (κ1) is 24.7. The molecule has 6 nitrogen and oxygen atoms in total. The predicted octanol–water partition coefficient (Wildman–Crippen LogP) is 4.90. The molecule has 0 aromatic heterocycles. The Balaban J connectivity index is 2.87. The Morgan fingerprint density at radius 1 is 1.00 bits per heavy atom. The Bertz CT molecular complexity index is 660. The van der Waals surface area contributed by atoms with Crippen LogP contribution in [-0.4, -0.2) is 28.9 Å². The van der Waals surface area contributed by atoms with Gasteiger partial charge in [0.15, 0.2) is 0 Å². The van der Waals surface area contributed by atoms with Crippen LogP contribution >= 0.6 is 0 Å². The molecule has 1 aromatic carbocycles. The molecular formula is C23H36N2O4. The van der Waals surface area contributed by atoms with Crippen LogP contribution in [0.3, 0.4) is 0 Å². The molecule has 0 saturated heterocycles. The molecule has 1 unspecified atom stereocenters. The lowest BCUT2D eigenvalue weighted by molar-refractivity contribution is -0.138. The number of nitrogens with two attached hydrogens (primary N) is 1. The Labute approximate surface area is 174 Å². The number of rotatable bonds is 15. The molecule has 1 rings (SSSR count). The van der Waals surface area contributed by atoms with E-state index in [1.807, 2.05) is 6.92 Å². The van der Waals surface area contributed by atoms with Gasteiger partial charge in [-0.15, -0.1) is 0 Å². The Morgan fingerprint density at radius 3 is 2.24 bits per heavy atom. The molecule has 162 valence electrons. The van der Waals surface area contributed by atoms with Crippen LogP contribution in [0.15, 0.2) is 24.3 Å². The van der Waals surface area contributed by atoms with E-state index in [-0.39, 0.29) is 24.8 Å². The molecule has 0 aliphatic heterocycles. The second kappa shape index (κ2) is 13.7. The molecule has 1 atom stereocenters. The van der Waals surface area contributed by atoms with Crippen molar-refractivity contribution in [3.63, 3.8) is 0 Å². The van der Waals surface area contributed by atoms with E-state index in [9.17, 15) is 14.4 Å². The van der Waals surface area contributed by atoms with Gasteiger partial charge in [0.2, 0.25) is 11.8 Å². The average Bonchev–Trinajstić information content (AvgIpc) is 2.70. The predicted molar refractivity (Wildman–Crippen MR) is 116 cm³/mol. The third-order valence-electron chi connectivity index (χ3n) is 5.21. The molecule has 0 radical (unpaired) electrons. The second-order valence-electron chi connectivity index (χ2n) is 7.54. The number of carbonyl (C=O) groups is 3. The number of carboxylic acids is 1. The van der Waals surface area contributed by atoms with Gasteiger partial charge < -0.3 is 15.7 Å².